The van der Waals surface area contributed by atoms with E-state index in [2.05, 4.69) is 29.2 Å². The lowest BCUT2D eigenvalue weighted by molar-refractivity contribution is -0.164. The number of aliphatic carboxylic acids is 1. The second-order valence-electron chi connectivity index (χ2n) is 3.34. The third-order valence-electron chi connectivity index (χ3n) is 1.56. The molecule has 0 aromatic rings. The lowest BCUT2D eigenvalue weighted by Crippen LogP contribution is -2.18. The van der Waals surface area contributed by atoms with Gasteiger partial charge in [0.1, 0.15) is 0 Å². The van der Waals surface area contributed by atoms with Crippen molar-refractivity contribution in [3.8, 4) is 0 Å². The van der Waals surface area contributed by atoms with Crippen molar-refractivity contribution in [2.45, 2.75) is 19.6 Å². The molecule has 0 aliphatic rings. The number of ether oxygens (including phenoxy) is 2. The number of aliphatic hydroxyl groups excluding tert-OH is 1. The summed E-state index contributed by atoms with van der Waals surface area (Å²) in [4.78, 5) is 30.7. The molecule has 0 saturated heterocycles. The SMILES string of the molecule is C=C(C)C(=O)O.C=CC(=O)OCCC(O)OC(=O)C=C. The first-order chi connectivity index (χ1) is 9.24. The second kappa shape index (κ2) is 11.7. The first-order valence-electron chi connectivity index (χ1n) is 5.43. The van der Waals surface area contributed by atoms with E-state index in [0.29, 0.717) is 0 Å². The van der Waals surface area contributed by atoms with E-state index in [9.17, 15) is 14.4 Å². The zero-order valence-electron chi connectivity index (χ0n) is 11.2. The summed E-state index contributed by atoms with van der Waals surface area (Å²) in [5, 5.41) is 16.9. The van der Waals surface area contributed by atoms with E-state index >= 15 is 0 Å². The van der Waals surface area contributed by atoms with Gasteiger partial charge in [-0.3, -0.25) is 0 Å². The molecular weight excluding hydrogens is 268 g/mol. The first kappa shape index (κ1) is 19.9. The maximum absolute atomic E-state index is 10.6. The van der Waals surface area contributed by atoms with Gasteiger partial charge in [0.15, 0.2) is 0 Å². The minimum absolute atomic E-state index is 0.0131. The third kappa shape index (κ3) is 13.7. The van der Waals surface area contributed by atoms with E-state index < -0.39 is 24.2 Å². The molecule has 0 aliphatic heterocycles. The van der Waals surface area contributed by atoms with Crippen LogP contribution in [0.4, 0.5) is 0 Å². The zero-order valence-corrected chi connectivity index (χ0v) is 11.2. The van der Waals surface area contributed by atoms with Gasteiger partial charge in [-0.15, -0.1) is 0 Å². The highest BCUT2D eigenvalue weighted by Gasteiger charge is 2.08. The quantitative estimate of drug-likeness (QED) is 0.404. The Hall–Kier alpha value is -2.41. The molecule has 0 rings (SSSR count). The lowest BCUT2D eigenvalue weighted by atomic mass is 10.4. The van der Waals surface area contributed by atoms with Crippen LogP contribution < -0.4 is 0 Å². The van der Waals surface area contributed by atoms with Crippen LogP contribution in [0.5, 0.6) is 0 Å². The normalized spacial score (nSPS) is 10.1. The van der Waals surface area contributed by atoms with Gasteiger partial charge >= 0.3 is 17.9 Å². The first-order valence-corrected chi connectivity index (χ1v) is 5.43. The van der Waals surface area contributed by atoms with Gasteiger partial charge in [0.2, 0.25) is 6.29 Å². The number of aliphatic hydroxyl groups is 1. The molecule has 0 aliphatic carbocycles. The summed E-state index contributed by atoms with van der Waals surface area (Å²) in [5.41, 5.74) is 0.176. The smallest absolute Gasteiger partial charge is 0.332 e. The highest BCUT2D eigenvalue weighted by molar-refractivity contribution is 5.84. The number of hydrogen-bond acceptors (Lipinski definition) is 6. The van der Waals surface area contributed by atoms with E-state index in [0.717, 1.165) is 12.2 Å². The van der Waals surface area contributed by atoms with Gasteiger partial charge < -0.3 is 19.7 Å². The maximum atomic E-state index is 10.6. The van der Waals surface area contributed by atoms with Crippen molar-refractivity contribution in [3.63, 3.8) is 0 Å². The van der Waals surface area contributed by atoms with Crippen molar-refractivity contribution in [2.75, 3.05) is 6.61 Å². The fourth-order valence-electron chi connectivity index (χ4n) is 0.560. The van der Waals surface area contributed by atoms with E-state index in [1.54, 1.807) is 0 Å². The summed E-state index contributed by atoms with van der Waals surface area (Å²) in [6.07, 6.45) is 0.651. The summed E-state index contributed by atoms with van der Waals surface area (Å²) >= 11 is 0. The predicted molar refractivity (Wildman–Crippen MR) is 70.5 cm³/mol. The van der Waals surface area contributed by atoms with E-state index in [4.69, 9.17) is 10.2 Å². The Morgan fingerprint density at radius 3 is 2.00 bits per heavy atom. The molecule has 0 aromatic heterocycles. The zero-order chi connectivity index (χ0) is 16.1. The van der Waals surface area contributed by atoms with Crippen LogP contribution >= 0.6 is 0 Å². The monoisotopic (exact) mass is 286 g/mol. The molecule has 1 unspecified atom stereocenters. The van der Waals surface area contributed by atoms with Crippen LogP contribution in [0.1, 0.15) is 13.3 Å². The number of rotatable bonds is 7. The minimum atomic E-state index is -1.29. The molecule has 0 saturated carbocycles. The lowest BCUT2D eigenvalue weighted by Gasteiger charge is -2.09. The van der Waals surface area contributed by atoms with Crippen LogP contribution in [0.25, 0.3) is 0 Å². The molecule has 0 heterocycles. The number of carboxylic acid groups (broad SMARTS) is 1. The Labute approximate surface area is 116 Å². The minimum Gasteiger partial charge on any atom is -0.478 e. The Kier molecular flexibility index (Phi) is 11.6. The molecule has 0 bridgehead atoms. The van der Waals surface area contributed by atoms with E-state index in [-0.39, 0.29) is 18.6 Å². The van der Waals surface area contributed by atoms with Crippen LogP contribution in [0, 0.1) is 0 Å². The highest BCUT2D eigenvalue weighted by Crippen LogP contribution is 1.96. The maximum Gasteiger partial charge on any atom is 0.332 e. The molecule has 0 spiro atoms. The van der Waals surface area contributed by atoms with Gasteiger partial charge in [0.25, 0.3) is 0 Å². The number of carboxylic acids is 1. The Morgan fingerprint density at radius 1 is 1.20 bits per heavy atom. The molecule has 0 fully saturated rings. The third-order valence-corrected chi connectivity index (χ3v) is 1.56. The fourth-order valence-corrected chi connectivity index (χ4v) is 0.560. The molecular formula is C13H18O7. The molecule has 2 N–H and O–H groups in total. The van der Waals surface area contributed by atoms with E-state index in [1.807, 2.05) is 0 Å². The van der Waals surface area contributed by atoms with Gasteiger partial charge in [-0.05, 0) is 6.92 Å². The molecule has 112 valence electrons. The van der Waals surface area contributed by atoms with Crippen molar-refractivity contribution in [1.82, 2.24) is 0 Å². The topological polar surface area (TPSA) is 110 Å². The van der Waals surface area contributed by atoms with Gasteiger partial charge in [0.05, 0.1) is 6.61 Å². The van der Waals surface area contributed by atoms with Crippen LogP contribution in [-0.2, 0) is 23.9 Å². The average Bonchev–Trinajstić information content (AvgIpc) is 2.38. The van der Waals surface area contributed by atoms with Gasteiger partial charge in [0, 0.05) is 24.1 Å². The van der Waals surface area contributed by atoms with Crippen molar-refractivity contribution in [2.24, 2.45) is 0 Å². The Morgan fingerprint density at radius 2 is 1.65 bits per heavy atom. The average molecular weight is 286 g/mol. The summed E-state index contributed by atoms with van der Waals surface area (Å²) in [5.74, 6) is -2.25. The number of esters is 2. The van der Waals surface area contributed by atoms with Crippen molar-refractivity contribution >= 4 is 17.9 Å². The van der Waals surface area contributed by atoms with Crippen LogP contribution in [0.3, 0.4) is 0 Å². The molecule has 0 amide bonds. The van der Waals surface area contributed by atoms with Gasteiger partial charge in [-0.1, -0.05) is 19.7 Å². The number of carbonyl (C=O) groups is 3. The summed E-state index contributed by atoms with van der Waals surface area (Å²) in [6, 6.07) is 0. The van der Waals surface area contributed by atoms with E-state index in [1.165, 1.54) is 6.92 Å². The predicted octanol–water partition coefficient (Wildman–Crippen LogP) is 0.800. The van der Waals surface area contributed by atoms with Crippen molar-refractivity contribution in [3.05, 3.63) is 37.5 Å². The molecule has 1 atom stereocenters. The largest absolute Gasteiger partial charge is 0.478 e. The highest BCUT2D eigenvalue weighted by atomic mass is 16.6. The number of hydrogen-bond donors (Lipinski definition) is 2. The van der Waals surface area contributed by atoms with Crippen molar-refractivity contribution < 1.29 is 34.1 Å². The Bertz CT molecular complexity index is 372. The molecule has 0 aromatic carbocycles. The van der Waals surface area contributed by atoms with Crippen LogP contribution in [-0.4, -0.2) is 41.0 Å². The van der Waals surface area contributed by atoms with Gasteiger partial charge in [-0.2, -0.15) is 0 Å². The molecule has 0 radical (unpaired) electrons. The summed E-state index contributed by atoms with van der Waals surface area (Å²) in [6.45, 7) is 10.9. The summed E-state index contributed by atoms with van der Waals surface area (Å²) < 4.78 is 8.94. The Balaban J connectivity index is 0. The number of carbonyl (C=O) groups excluding carboxylic acids is 2. The fraction of sp³-hybridized carbons (Fsp3) is 0.308. The standard InChI is InChI=1S/C9H12O5.C4H6O2/c1-3-7(10)13-6-5-9(12)14-8(11)4-2;1-3(2)4(5)6/h3-4,9,12H,1-2,5-6H2;1H2,2H3,(H,5,6). The molecule has 7 nitrogen and oxygen atoms in total. The van der Waals surface area contributed by atoms with Crippen LogP contribution in [0.15, 0.2) is 37.5 Å². The van der Waals surface area contributed by atoms with Gasteiger partial charge in [-0.25, -0.2) is 14.4 Å². The van der Waals surface area contributed by atoms with Crippen molar-refractivity contribution in [1.29, 1.82) is 0 Å². The molecule has 20 heavy (non-hydrogen) atoms. The molecule has 7 heteroatoms. The van der Waals surface area contributed by atoms with Crippen LogP contribution in [0.2, 0.25) is 0 Å². The summed E-state index contributed by atoms with van der Waals surface area (Å²) in [7, 11) is 0. The second-order valence-corrected chi connectivity index (χ2v) is 3.34.